The molecule has 0 unspecified atom stereocenters. The number of para-hydroxylation sites is 1. The molecular formula is C34H34N8O2S. The number of fused-ring (bicyclic) bond motifs is 2. The van der Waals surface area contributed by atoms with E-state index in [0.717, 1.165) is 69.8 Å². The summed E-state index contributed by atoms with van der Waals surface area (Å²) in [7, 11) is 0. The van der Waals surface area contributed by atoms with Crippen molar-refractivity contribution >= 4 is 39.0 Å². The van der Waals surface area contributed by atoms with Crippen LogP contribution in [0.15, 0.2) is 79.0 Å². The number of hydrogen-bond donors (Lipinski definition) is 0. The monoisotopic (exact) mass is 618 g/mol. The van der Waals surface area contributed by atoms with E-state index in [1.807, 2.05) is 41.0 Å². The predicted octanol–water partition coefficient (Wildman–Crippen LogP) is 5.84. The first-order chi connectivity index (χ1) is 22.1. The molecule has 0 spiro atoms. The van der Waals surface area contributed by atoms with E-state index in [9.17, 15) is 4.79 Å². The Morgan fingerprint density at radius 2 is 1.60 bits per heavy atom. The average Bonchev–Trinajstić information content (AvgIpc) is 3.80. The first-order valence-corrected chi connectivity index (χ1v) is 16.5. The van der Waals surface area contributed by atoms with Crippen LogP contribution in [0.3, 0.4) is 0 Å². The van der Waals surface area contributed by atoms with Crippen LogP contribution >= 0.6 is 11.3 Å². The molecule has 3 aromatic heterocycles. The van der Waals surface area contributed by atoms with Gasteiger partial charge in [-0.3, -0.25) is 4.90 Å². The fourth-order valence-corrected chi connectivity index (χ4v) is 7.43. The minimum absolute atomic E-state index is 0.406. The van der Waals surface area contributed by atoms with Gasteiger partial charge in [-0.05, 0) is 85.3 Å². The van der Waals surface area contributed by atoms with Crippen LogP contribution < -0.4 is 9.74 Å². The maximum Gasteiger partial charge on any atom is 0.365 e. The molecule has 0 radical (unpaired) electrons. The van der Waals surface area contributed by atoms with Gasteiger partial charge >= 0.3 is 5.97 Å². The van der Waals surface area contributed by atoms with E-state index in [1.165, 1.54) is 31.4 Å². The number of anilines is 1. The summed E-state index contributed by atoms with van der Waals surface area (Å²) >= 11 is 1.57. The predicted molar refractivity (Wildman–Crippen MR) is 175 cm³/mol. The fraction of sp³-hybridized carbons (Fsp3) is 0.324. The molecule has 2 aliphatic rings. The topological polar surface area (TPSA) is 93.7 Å². The molecule has 0 atom stereocenters. The summed E-state index contributed by atoms with van der Waals surface area (Å²) in [6.45, 7) is 6.87. The molecule has 0 bridgehead atoms. The number of carbonyl (C=O) groups excluding carboxylic acids is 1. The van der Waals surface area contributed by atoms with Gasteiger partial charge in [0.15, 0.2) is 0 Å². The zero-order valence-corrected chi connectivity index (χ0v) is 25.9. The Bertz CT molecular complexity index is 1910. The second kappa shape index (κ2) is 11.7. The molecule has 2 fully saturated rings. The lowest BCUT2D eigenvalue weighted by Gasteiger charge is -2.42. The van der Waals surface area contributed by atoms with Crippen LogP contribution in [-0.4, -0.2) is 72.8 Å². The normalized spacial score (nSPS) is 19.4. The van der Waals surface area contributed by atoms with Gasteiger partial charge in [-0.15, -0.1) is 5.10 Å². The first-order valence-electron chi connectivity index (χ1n) is 15.7. The molecule has 0 amide bonds. The van der Waals surface area contributed by atoms with E-state index in [0.29, 0.717) is 16.6 Å². The number of nitrogens with zero attached hydrogens (tertiary/aromatic N) is 8. The summed E-state index contributed by atoms with van der Waals surface area (Å²) in [5, 5.41) is 13.7. The van der Waals surface area contributed by atoms with Crippen molar-refractivity contribution in [1.29, 1.82) is 0 Å². The lowest BCUT2D eigenvalue weighted by molar-refractivity contribution is 0.0409. The van der Waals surface area contributed by atoms with Gasteiger partial charge in [-0.2, -0.15) is 5.10 Å². The molecule has 4 heterocycles. The van der Waals surface area contributed by atoms with E-state index in [2.05, 4.69) is 51.3 Å². The van der Waals surface area contributed by atoms with E-state index in [1.54, 1.807) is 29.5 Å². The highest BCUT2D eigenvalue weighted by molar-refractivity contribution is 7.19. The van der Waals surface area contributed by atoms with Crippen LogP contribution in [0.25, 0.3) is 37.8 Å². The first kappa shape index (κ1) is 27.9. The van der Waals surface area contributed by atoms with Crippen LogP contribution in [0.5, 0.6) is 0 Å². The van der Waals surface area contributed by atoms with Gasteiger partial charge in [0.2, 0.25) is 4.96 Å². The lowest BCUT2D eigenvalue weighted by Crippen LogP contribution is -2.51. The Balaban J connectivity index is 0.901. The van der Waals surface area contributed by atoms with Crippen molar-refractivity contribution < 1.29 is 9.63 Å². The summed E-state index contributed by atoms with van der Waals surface area (Å²) in [5.74, 6) is 0.382. The van der Waals surface area contributed by atoms with Crippen molar-refractivity contribution in [3.8, 4) is 21.8 Å². The van der Waals surface area contributed by atoms with Crippen LogP contribution in [0.4, 0.5) is 5.69 Å². The number of carbonyl (C=O) groups is 1. The summed E-state index contributed by atoms with van der Waals surface area (Å²) < 4.78 is 1.83. The molecule has 45 heavy (non-hydrogen) atoms. The van der Waals surface area contributed by atoms with Crippen LogP contribution in [0.1, 0.15) is 43.0 Å². The summed E-state index contributed by atoms with van der Waals surface area (Å²) in [5.41, 5.74) is 5.74. The van der Waals surface area contributed by atoms with Gasteiger partial charge in [0.25, 0.3) is 0 Å². The highest BCUT2D eigenvalue weighted by atomic mass is 32.1. The number of benzene rings is 3. The second-order valence-corrected chi connectivity index (χ2v) is 13.1. The molecule has 1 saturated carbocycles. The molecule has 3 aromatic carbocycles. The third-order valence-corrected chi connectivity index (χ3v) is 10.2. The highest BCUT2D eigenvalue weighted by Crippen LogP contribution is 2.31. The second-order valence-electron chi connectivity index (χ2n) is 12.2. The molecule has 11 heteroatoms. The van der Waals surface area contributed by atoms with E-state index in [-0.39, 0.29) is 0 Å². The lowest BCUT2D eigenvalue weighted by atomic mass is 9.86. The minimum atomic E-state index is -0.517. The fourth-order valence-electron chi connectivity index (χ4n) is 6.55. The summed E-state index contributed by atoms with van der Waals surface area (Å²) in [6, 6.07) is 24.0. The van der Waals surface area contributed by atoms with Crippen LogP contribution in [0, 0.1) is 5.92 Å². The maximum absolute atomic E-state index is 12.7. The van der Waals surface area contributed by atoms with Crippen molar-refractivity contribution in [3.63, 3.8) is 0 Å². The SMILES string of the molecule is C[C@H]1CC[C@@H](N2CCN(c3ccc(-c4nn5cc(-c6ccc(C(=O)On7nnc8ccccc87)cc6)nc5s4)cc3)CC2)CC1. The highest BCUT2D eigenvalue weighted by Gasteiger charge is 2.27. The van der Waals surface area contributed by atoms with Gasteiger partial charge < -0.3 is 9.74 Å². The largest absolute Gasteiger partial charge is 0.369 e. The molecule has 1 aliphatic heterocycles. The Kier molecular flexibility index (Phi) is 7.27. The van der Waals surface area contributed by atoms with Crippen molar-refractivity contribution in [2.75, 3.05) is 31.1 Å². The van der Waals surface area contributed by atoms with E-state index < -0.39 is 5.97 Å². The Labute approximate surface area is 264 Å². The quantitative estimate of drug-likeness (QED) is 0.215. The van der Waals surface area contributed by atoms with Gasteiger partial charge in [0, 0.05) is 49.0 Å². The molecule has 1 aliphatic carbocycles. The van der Waals surface area contributed by atoms with Gasteiger partial charge in [0.05, 0.1) is 17.5 Å². The third kappa shape index (κ3) is 5.57. The van der Waals surface area contributed by atoms with Crippen molar-refractivity contribution in [3.05, 3.63) is 84.6 Å². The standard InChI is InChI=1S/C34H34N8O2S/c1-23-6-14-27(15-7-23)39-18-20-40(21-19-39)28-16-12-25(13-17-28)32-37-41-22-30(35-34(41)45-32)24-8-10-26(11-9-24)33(43)44-42-31-5-3-2-4-29(31)36-38-42/h2-5,8-13,16-17,22-23,27H,6-7,14-15,18-21H2,1H3/t23-,27+. The minimum Gasteiger partial charge on any atom is -0.369 e. The smallest absolute Gasteiger partial charge is 0.365 e. The van der Waals surface area contributed by atoms with E-state index >= 15 is 0 Å². The molecule has 8 rings (SSSR count). The van der Waals surface area contributed by atoms with Crippen molar-refractivity contribution in [2.24, 2.45) is 5.92 Å². The van der Waals surface area contributed by atoms with Crippen molar-refractivity contribution in [2.45, 2.75) is 38.6 Å². The average molecular weight is 619 g/mol. The number of rotatable bonds is 6. The van der Waals surface area contributed by atoms with Gasteiger partial charge in [-0.1, -0.05) is 47.4 Å². The van der Waals surface area contributed by atoms with Crippen LogP contribution in [0.2, 0.25) is 0 Å². The molecular weight excluding hydrogens is 584 g/mol. The maximum atomic E-state index is 12.7. The zero-order chi connectivity index (χ0) is 30.3. The van der Waals surface area contributed by atoms with Gasteiger partial charge in [-0.25, -0.2) is 14.3 Å². The molecule has 1 saturated heterocycles. The van der Waals surface area contributed by atoms with Crippen molar-refractivity contribution in [1.82, 2.24) is 34.7 Å². The van der Waals surface area contributed by atoms with Crippen LogP contribution in [-0.2, 0) is 0 Å². The molecule has 0 N–H and O–H groups in total. The zero-order valence-electron chi connectivity index (χ0n) is 25.1. The molecule has 228 valence electrons. The summed E-state index contributed by atoms with van der Waals surface area (Å²) in [4.78, 5) is 30.2. The number of hydrogen-bond acceptors (Lipinski definition) is 9. The Morgan fingerprint density at radius 3 is 2.36 bits per heavy atom. The Morgan fingerprint density at radius 1 is 0.867 bits per heavy atom. The Hall–Kier alpha value is -4.61. The third-order valence-electron chi connectivity index (χ3n) is 9.25. The molecule has 10 nitrogen and oxygen atoms in total. The number of aromatic nitrogens is 6. The summed E-state index contributed by atoms with van der Waals surface area (Å²) in [6.07, 6.45) is 7.41. The molecule has 6 aromatic rings. The number of piperazine rings is 1. The van der Waals surface area contributed by atoms with Gasteiger partial charge in [0.1, 0.15) is 16.0 Å². The van der Waals surface area contributed by atoms with E-state index in [4.69, 9.17) is 14.9 Å². The number of imidazole rings is 1.